The summed E-state index contributed by atoms with van der Waals surface area (Å²) in [4.78, 5) is 22.5. The Bertz CT molecular complexity index is 747. The summed E-state index contributed by atoms with van der Waals surface area (Å²) < 4.78 is 24.7. The maximum atomic E-state index is 11.6. The lowest BCUT2D eigenvalue weighted by molar-refractivity contribution is 0.130. The predicted molar refractivity (Wildman–Crippen MR) is 83.4 cm³/mol. The molecule has 0 spiro atoms. The molecular weight excluding hydrogens is 318 g/mol. The predicted octanol–water partition coefficient (Wildman–Crippen LogP) is 2.03. The fourth-order valence-corrected chi connectivity index (χ4v) is 2.03. The molecule has 1 aromatic carbocycles. The van der Waals surface area contributed by atoms with Gasteiger partial charge in [-0.1, -0.05) is 6.07 Å². The summed E-state index contributed by atoms with van der Waals surface area (Å²) in [6.45, 7) is 1.76. The van der Waals surface area contributed by atoms with Crippen LogP contribution in [0.15, 0.2) is 31.8 Å². The quantitative estimate of drug-likeness (QED) is 0.825. The normalized spacial score (nSPS) is 10.3. The minimum absolute atomic E-state index is 0.167. The first-order chi connectivity index (χ1) is 11.5. The molecule has 1 N–H and O–H groups in total. The highest BCUT2D eigenvalue weighted by Crippen LogP contribution is 2.27. The molecule has 1 amide bonds. The smallest absolute Gasteiger partial charge is 0.493 e. The Morgan fingerprint density at radius 2 is 1.92 bits per heavy atom. The van der Waals surface area contributed by atoms with E-state index in [1.54, 1.807) is 27.2 Å². The van der Waals surface area contributed by atoms with Gasteiger partial charge in [-0.05, 0) is 31.0 Å². The lowest BCUT2D eigenvalue weighted by atomic mass is 10.1. The van der Waals surface area contributed by atoms with E-state index in [1.165, 1.54) is 0 Å². The molecule has 0 fully saturated rings. The summed E-state index contributed by atoms with van der Waals surface area (Å²) in [7, 11) is 3.13. The van der Waals surface area contributed by atoms with Crippen LogP contribution in [0.3, 0.4) is 0 Å². The van der Waals surface area contributed by atoms with Crippen LogP contribution in [0.4, 0.5) is 4.79 Å². The van der Waals surface area contributed by atoms with Crippen LogP contribution < -0.4 is 20.6 Å². The maximum Gasteiger partial charge on any atom is 0.519 e. The third-order valence-corrected chi connectivity index (χ3v) is 3.30. The number of rotatable bonds is 7. The maximum absolute atomic E-state index is 11.6. The molecule has 24 heavy (non-hydrogen) atoms. The monoisotopic (exact) mass is 337 g/mol. The number of amides is 1. The zero-order chi connectivity index (χ0) is 17.5. The van der Waals surface area contributed by atoms with Crippen molar-refractivity contribution in [3.8, 4) is 11.5 Å². The second-order valence-electron chi connectivity index (χ2n) is 4.88. The van der Waals surface area contributed by atoms with Crippen molar-refractivity contribution in [2.75, 3.05) is 20.8 Å². The number of carbonyl (C=O) groups excluding carboxylic acids is 1. The summed E-state index contributed by atoms with van der Waals surface area (Å²) in [6, 6.07) is 5.53. The van der Waals surface area contributed by atoms with Crippen LogP contribution in [0.25, 0.3) is 0 Å². The Morgan fingerprint density at radius 1 is 1.17 bits per heavy atom. The molecule has 0 aliphatic heterocycles. The molecule has 0 aliphatic carbocycles. The van der Waals surface area contributed by atoms with Gasteiger partial charge in [0.15, 0.2) is 29.6 Å². The van der Waals surface area contributed by atoms with Gasteiger partial charge in [0, 0.05) is 6.54 Å². The Morgan fingerprint density at radius 3 is 2.54 bits per heavy atom. The van der Waals surface area contributed by atoms with Crippen LogP contribution in [-0.4, -0.2) is 26.9 Å². The van der Waals surface area contributed by atoms with Gasteiger partial charge in [-0.3, -0.25) is 0 Å². The molecule has 0 atom stereocenters. The Labute approximate surface area is 138 Å². The van der Waals surface area contributed by atoms with E-state index in [1.807, 2.05) is 12.1 Å². The summed E-state index contributed by atoms with van der Waals surface area (Å²) in [5, 5.41) is 2.61. The van der Waals surface area contributed by atoms with E-state index in [4.69, 9.17) is 18.6 Å². The molecule has 8 heteroatoms. The number of nitrogens with one attached hydrogen (secondary N) is 1. The molecule has 2 aromatic rings. The van der Waals surface area contributed by atoms with Crippen LogP contribution in [0, 0.1) is 6.92 Å². The summed E-state index contributed by atoms with van der Waals surface area (Å²) in [5.74, 6) is 0.932. The van der Waals surface area contributed by atoms with E-state index >= 15 is 0 Å². The number of hydrogen-bond acceptors (Lipinski definition) is 7. The van der Waals surface area contributed by atoms with Gasteiger partial charge in [0.05, 0.1) is 14.2 Å². The largest absolute Gasteiger partial charge is 0.519 e. The number of hydrogen-bond donors (Lipinski definition) is 1. The number of aryl methyl sites for hydroxylation is 1. The highest BCUT2D eigenvalue weighted by atomic mass is 16.6. The van der Waals surface area contributed by atoms with Crippen LogP contribution in [0.1, 0.15) is 17.1 Å². The van der Waals surface area contributed by atoms with Gasteiger partial charge in [0.25, 0.3) is 0 Å². The Kier molecular flexibility index (Phi) is 5.89. The van der Waals surface area contributed by atoms with E-state index in [-0.39, 0.29) is 18.1 Å². The van der Waals surface area contributed by atoms with Crippen molar-refractivity contribution in [1.29, 1.82) is 0 Å². The molecule has 0 radical (unpaired) electrons. The average Bonchev–Trinajstić information content (AvgIpc) is 2.90. The van der Waals surface area contributed by atoms with E-state index in [2.05, 4.69) is 9.73 Å². The summed E-state index contributed by atoms with van der Waals surface area (Å²) >= 11 is 0. The second kappa shape index (κ2) is 8.09. The first-order valence-corrected chi connectivity index (χ1v) is 7.24. The molecule has 0 saturated heterocycles. The van der Waals surface area contributed by atoms with Crippen molar-refractivity contribution in [2.24, 2.45) is 0 Å². The zero-order valence-corrected chi connectivity index (χ0v) is 13.7. The third-order valence-electron chi connectivity index (χ3n) is 3.30. The molecule has 1 heterocycles. The van der Waals surface area contributed by atoms with Crippen LogP contribution in [0.2, 0.25) is 0 Å². The standard InChI is InChI=1S/C16H19NO7/c1-10-14(24-16(19)23-10)9-22-15(18)17-7-6-11-4-5-12(20-2)13(8-11)21-3/h4-5,8H,6-7,9H2,1-3H3,(H,17,18). The molecule has 0 saturated carbocycles. The van der Waals surface area contributed by atoms with Crippen molar-refractivity contribution < 1.29 is 27.8 Å². The fourth-order valence-electron chi connectivity index (χ4n) is 2.03. The van der Waals surface area contributed by atoms with Crippen molar-refractivity contribution in [3.05, 3.63) is 45.9 Å². The number of alkyl carbamates (subject to hydrolysis) is 1. The molecule has 0 bridgehead atoms. The number of benzene rings is 1. The fraction of sp³-hybridized carbons (Fsp3) is 0.375. The number of carbonyl (C=O) groups is 1. The Hall–Kier alpha value is -2.90. The van der Waals surface area contributed by atoms with E-state index in [0.29, 0.717) is 24.5 Å². The van der Waals surface area contributed by atoms with Crippen LogP contribution in [0.5, 0.6) is 11.5 Å². The molecule has 0 aliphatic rings. The minimum atomic E-state index is -0.819. The average molecular weight is 337 g/mol. The molecule has 1 aromatic heterocycles. The molecule has 0 unspecified atom stereocenters. The van der Waals surface area contributed by atoms with Gasteiger partial charge >= 0.3 is 11.9 Å². The first kappa shape index (κ1) is 17.5. The van der Waals surface area contributed by atoms with E-state index in [9.17, 15) is 9.59 Å². The van der Waals surface area contributed by atoms with Gasteiger partial charge in [0.1, 0.15) is 0 Å². The second-order valence-corrected chi connectivity index (χ2v) is 4.88. The van der Waals surface area contributed by atoms with Crippen LogP contribution in [-0.2, 0) is 17.8 Å². The molecule has 8 nitrogen and oxygen atoms in total. The van der Waals surface area contributed by atoms with Gasteiger partial charge in [-0.2, -0.15) is 0 Å². The Balaban J connectivity index is 1.78. The molecule has 130 valence electrons. The molecule has 2 rings (SSSR count). The van der Waals surface area contributed by atoms with E-state index in [0.717, 1.165) is 5.56 Å². The lowest BCUT2D eigenvalue weighted by Gasteiger charge is -2.10. The number of ether oxygens (including phenoxy) is 3. The lowest BCUT2D eigenvalue weighted by Crippen LogP contribution is -2.26. The zero-order valence-electron chi connectivity index (χ0n) is 13.7. The summed E-state index contributed by atoms with van der Waals surface area (Å²) in [5.41, 5.74) is 0.977. The highest BCUT2D eigenvalue weighted by molar-refractivity contribution is 5.67. The summed E-state index contributed by atoms with van der Waals surface area (Å²) in [6.07, 6.45) is -0.0198. The van der Waals surface area contributed by atoms with Gasteiger partial charge in [-0.15, -0.1) is 0 Å². The van der Waals surface area contributed by atoms with Crippen molar-refractivity contribution in [3.63, 3.8) is 0 Å². The van der Waals surface area contributed by atoms with Crippen LogP contribution >= 0.6 is 0 Å². The van der Waals surface area contributed by atoms with E-state index < -0.39 is 11.9 Å². The third kappa shape index (κ3) is 4.55. The highest BCUT2D eigenvalue weighted by Gasteiger charge is 2.11. The number of methoxy groups -OCH3 is 2. The van der Waals surface area contributed by atoms with Gasteiger partial charge in [-0.25, -0.2) is 9.59 Å². The minimum Gasteiger partial charge on any atom is -0.493 e. The first-order valence-electron chi connectivity index (χ1n) is 7.24. The molecular formula is C16H19NO7. The van der Waals surface area contributed by atoms with Crippen molar-refractivity contribution in [2.45, 2.75) is 20.0 Å². The van der Waals surface area contributed by atoms with Crippen molar-refractivity contribution in [1.82, 2.24) is 5.32 Å². The SMILES string of the molecule is COc1ccc(CCNC(=O)OCc2oc(=O)oc2C)cc1OC. The van der Waals surface area contributed by atoms with Crippen molar-refractivity contribution >= 4 is 6.09 Å². The topological polar surface area (TPSA) is 100 Å². The van der Waals surface area contributed by atoms with Gasteiger partial charge in [0.2, 0.25) is 0 Å². The van der Waals surface area contributed by atoms with Gasteiger partial charge < -0.3 is 28.4 Å².